The van der Waals surface area contributed by atoms with Crippen molar-refractivity contribution in [2.45, 2.75) is 51.9 Å². The highest BCUT2D eigenvalue weighted by atomic mass is 16.6. The first-order chi connectivity index (χ1) is 12.3. The van der Waals surface area contributed by atoms with E-state index in [0.717, 1.165) is 18.4 Å². The molecule has 0 saturated carbocycles. The molecule has 142 valence electrons. The molecule has 1 aromatic carbocycles. The minimum Gasteiger partial charge on any atom is -0.445 e. The molecule has 2 heterocycles. The fraction of sp³-hybridized carbons (Fsp3) is 0.600. The number of piperidine rings is 1. The van der Waals surface area contributed by atoms with Gasteiger partial charge in [-0.3, -0.25) is 0 Å². The Morgan fingerprint density at radius 2 is 1.85 bits per heavy atom. The van der Waals surface area contributed by atoms with Crippen molar-refractivity contribution >= 4 is 12.2 Å². The summed E-state index contributed by atoms with van der Waals surface area (Å²) in [6.07, 6.45) is 1.36. The van der Waals surface area contributed by atoms with Crippen LogP contribution >= 0.6 is 0 Å². The maximum Gasteiger partial charge on any atom is 0.410 e. The van der Waals surface area contributed by atoms with Crippen molar-refractivity contribution < 1.29 is 19.1 Å². The number of carbonyl (C=O) groups is 2. The van der Waals surface area contributed by atoms with Crippen molar-refractivity contribution in [1.29, 1.82) is 0 Å². The molecular formula is C20H28N2O4. The number of carbonyl (C=O) groups excluding carboxylic acids is 2. The number of fused-ring (bicyclic) bond motifs is 1. The van der Waals surface area contributed by atoms with Gasteiger partial charge in [0.15, 0.2) is 0 Å². The number of hydrogen-bond acceptors (Lipinski definition) is 4. The van der Waals surface area contributed by atoms with E-state index in [2.05, 4.69) is 0 Å². The monoisotopic (exact) mass is 360 g/mol. The van der Waals surface area contributed by atoms with Crippen molar-refractivity contribution in [2.75, 3.05) is 19.6 Å². The Bertz CT molecular complexity index is 641. The van der Waals surface area contributed by atoms with Crippen LogP contribution in [0.2, 0.25) is 0 Å². The highest BCUT2D eigenvalue weighted by Crippen LogP contribution is 2.32. The van der Waals surface area contributed by atoms with Crippen molar-refractivity contribution in [3.63, 3.8) is 0 Å². The van der Waals surface area contributed by atoms with Crippen LogP contribution in [-0.4, -0.2) is 53.3 Å². The minimum atomic E-state index is -0.517. The second kappa shape index (κ2) is 7.56. The van der Waals surface area contributed by atoms with Crippen LogP contribution in [-0.2, 0) is 16.1 Å². The quantitative estimate of drug-likeness (QED) is 0.808. The van der Waals surface area contributed by atoms with Crippen molar-refractivity contribution in [3.8, 4) is 0 Å². The Kier molecular flexibility index (Phi) is 5.39. The van der Waals surface area contributed by atoms with Crippen LogP contribution in [0, 0.1) is 5.92 Å². The third-order valence-corrected chi connectivity index (χ3v) is 4.87. The molecule has 0 unspecified atom stereocenters. The van der Waals surface area contributed by atoms with Gasteiger partial charge in [0, 0.05) is 19.6 Å². The van der Waals surface area contributed by atoms with Gasteiger partial charge in [-0.25, -0.2) is 9.59 Å². The number of nitrogens with zero attached hydrogens (tertiary/aromatic N) is 2. The zero-order valence-corrected chi connectivity index (χ0v) is 15.8. The van der Waals surface area contributed by atoms with Crippen LogP contribution < -0.4 is 0 Å². The van der Waals surface area contributed by atoms with Crippen LogP contribution in [0.3, 0.4) is 0 Å². The number of likely N-dealkylation sites (tertiary alicyclic amines) is 2. The van der Waals surface area contributed by atoms with Gasteiger partial charge in [-0.2, -0.15) is 0 Å². The third-order valence-electron chi connectivity index (χ3n) is 4.87. The van der Waals surface area contributed by atoms with Gasteiger partial charge in [-0.1, -0.05) is 30.3 Å². The second-order valence-electron chi connectivity index (χ2n) is 8.09. The molecule has 2 fully saturated rings. The summed E-state index contributed by atoms with van der Waals surface area (Å²) in [5, 5.41) is 0. The Morgan fingerprint density at radius 3 is 2.54 bits per heavy atom. The second-order valence-corrected chi connectivity index (χ2v) is 8.09. The van der Waals surface area contributed by atoms with Gasteiger partial charge in [0.1, 0.15) is 12.2 Å². The molecule has 2 saturated heterocycles. The predicted molar refractivity (Wildman–Crippen MR) is 97.7 cm³/mol. The van der Waals surface area contributed by atoms with E-state index in [1.807, 2.05) is 51.1 Å². The van der Waals surface area contributed by atoms with Crippen molar-refractivity contribution in [3.05, 3.63) is 35.9 Å². The van der Waals surface area contributed by atoms with Crippen LogP contribution in [0.1, 0.15) is 39.2 Å². The first-order valence-electron chi connectivity index (χ1n) is 9.29. The van der Waals surface area contributed by atoms with Crippen molar-refractivity contribution in [2.24, 2.45) is 5.92 Å². The maximum absolute atomic E-state index is 12.5. The number of amides is 2. The highest BCUT2D eigenvalue weighted by Gasteiger charge is 2.44. The molecule has 0 bridgehead atoms. The maximum atomic E-state index is 12.5. The summed E-state index contributed by atoms with van der Waals surface area (Å²) in [5.74, 6) is 0.292. The first kappa shape index (κ1) is 18.5. The van der Waals surface area contributed by atoms with Crippen LogP contribution in [0.4, 0.5) is 9.59 Å². The number of rotatable bonds is 2. The molecule has 0 aliphatic carbocycles. The highest BCUT2D eigenvalue weighted by molar-refractivity contribution is 5.70. The molecule has 6 heteroatoms. The Balaban J connectivity index is 1.58. The smallest absolute Gasteiger partial charge is 0.410 e. The van der Waals surface area contributed by atoms with Gasteiger partial charge in [0.25, 0.3) is 0 Å². The summed E-state index contributed by atoms with van der Waals surface area (Å²) in [5.41, 5.74) is 0.449. The molecule has 0 spiro atoms. The Morgan fingerprint density at radius 1 is 1.12 bits per heavy atom. The fourth-order valence-electron chi connectivity index (χ4n) is 3.69. The van der Waals surface area contributed by atoms with Crippen LogP contribution in [0.25, 0.3) is 0 Å². The standard InChI is InChI=1S/C20H28N2O4/c1-20(2,3)26-19(24)22-11-7-10-16-12-21(13-17(16)22)18(23)25-14-15-8-5-4-6-9-15/h4-6,8-9,16-17H,7,10-14H2,1-3H3/t16-,17-/m1/s1. The molecule has 2 aliphatic rings. The van der Waals surface area contributed by atoms with E-state index in [9.17, 15) is 9.59 Å². The van der Waals surface area contributed by atoms with Gasteiger partial charge in [-0.15, -0.1) is 0 Å². The van der Waals surface area contributed by atoms with Gasteiger partial charge in [0.2, 0.25) is 0 Å². The molecule has 26 heavy (non-hydrogen) atoms. The molecule has 0 radical (unpaired) electrons. The Hall–Kier alpha value is -2.24. The van der Waals surface area contributed by atoms with Crippen molar-refractivity contribution in [1.82, 2.24) is 9.80 Å². The lowest BCUT2D eigenvalue weighted by Crippen LogP contribution is -2.50. The molecule has 0 N–H and O–H groups in total. The van der Waals surface area contributed by atoms with Gasteiger partial charge < -0.3 is 19.3 Å². The SMILES string of the molecule is CC(C)(C)OC(=O)N1CCC[C@@H]2CN(C(=O)OCc3ccccc3)C[C@H]21. The average Bonchev–Trinajstić information content (AvgIpc) is 3.03. The summed E-state index contributed by atoms with van der Waals surface area (Å²) < 4.78 is 11.0. The van der Waals surface area contributed by atoms with Crippen LogP contribution in [0.5, 0.6) is 0 Å². The molecule has 2 amide bonds. The lowest BCUT2D eigenvalue weighted by atomic mass is 9.92. The van der Waals surface area contributed by atoms with Gasteiger partial charge in [-0.05, 0) is 45.1 Å². The normalized spacial score (nSPS) is 22.7. The average molecular weight is 360 g/mol. The molecule has 2 atom stereocenters. The first-order valence-corrected chi connectivity index (χ1v) is 9.29. The molecular weight excluding hydrogens is 332 g/mol. The number of ether oxygens (including phenoxy) is 2. The zero-order valence-electron chi connectivity index (χ0n) is 15.8. The predicted octanol–water partition coefficient (Wildman–Crippen LogP) is 3.65. The van der Waals surface area contributed by atoms with E-state index in [0.29, 0.717) is 25.6 Å². The van der Waals surface area contributed by atoms with Crippen LogP contribution in [0.15, 0.2) is 30.3 Å². The fourth-order valence-corrected chi connectivity index (χ4v) is 3.69. The summed E-state index contributed by atoms with van der Waals surface area (Å²) in [4.78, 5) is 28.5. The lowest BCUT2D eigenvalue weighted by Gasteiger charge is -2.37. The third kappa shape index (κ3) is 4.48. The zero-order chi connectivity index (χ0) is 18.7. The molecule has 3 rings (SSSR count). The summed E-state index contributed by atoms with van der Waals surface area (Å²) in [7, 11) is 0. The van der Waals surface area contributed by atoms with E-state index in [-0.39, 0.29) is 24.8 Å². The summed E-state index contributed by atoms with van der Waals surface area (Å²) in [6.45, 7) is 7.70. The summed E-state index contributed by atoms with van der Waals surface area (Å²) in [6, 6.07) is 9.66. The minimum absolute atomic E-state index is 0.0166. The summed E-state index contributed by atoms with van der Waals surface area (Å²) >= 11 is 0. The van der Waals surface area contributed by atoms with E-state index >= 15 is 0 Å². The van der Waals surface area contributed by atoms with Gasteiger partial charge >= 0.3 is 12.2 Å². The molecule has 6 nitrogen and oxygen atoms in total. The number of hydrogen-bond donors (Lipinski definition) is 0. The molecule has 2 aliphatic heterocycles. The van der Waals surface area contributed by atoms with E-state index in [1.54, 1.807) is 9.80 Å². The topological polar surface area (TPSA) is 59.1 Å². The number of benzene rings is 1. The lowest BCUT2D eigenvalue weighted by molar-refractivity contribution is 0.00608. The molecule has 0 aromatic heterocycles. The molecule has 1 aromatic rings. The van der Waals surface area contributed by atoms with E-state index in [1.165, 1.54) is 0 Å². The Labute approximate surface area is 155 Å². The van der Waals surface area contributed by atoms with E-state index < -0.39 is 5.60 Å². The van der Waals surface area contributed by atoms with E-state index in [4.69, 9.17) is 9.47 Å². The van der Waals surface area contributed by atoms with Gasteiger partial charge in [0.05, 0.1) is 6.04 Å². The largest absolute Gasteiger partial charge is 0.445 e.